The Morgan fingerprint density at radius 1 is 1.26 bits per heavy atom. The highest BCUT2D eigenvalue weighted by Gasteiger charge is 2.23. The Morgan fingerprint density at radius 2 is 1.89 bits per heavy atom. The van der Waals surface area contributed by atoms with Crippen molar-refractivity contribution in [3.63, 3.8) is 0 Å². The molecule has 1 rings (SSSR count). The lowest BCUT2D eigenvalue weighted by molar-refractivity contribution is 0.257. The molecule has 1 aromatic carbocycles. The molecule has 1 aromatic rings. The second-order valence-electron chi connectivity index (χ2n) is 4.56. The van der Waals surface area contributed by atoms with Crippen molar-refractivity contribution in [1.29, 1.82) is 0 Å². The van der Waals surface area contributed by atoms with Gasteiger partial charge in [0.05, 0.1) is 11.5 Å². The molecule has 0 fully saturated rings. The summed E-state index contributed by atoms with van der Waals surface area (Å²) in [6.07, 6.45) is 0. The van der Waals surface area contributed by atoms with E-state index in [0.717, 1.165) is 11.3 Å². The Labute approximate surface area is 115 Å². The minimum atomic E-state index is -3.54. The zero-order chi connectivity index (χ0) is 14.6. The molecular formula is C13H22N2O3S. The van der Waals surface area contributed by atoms with Crippen molar-refractivity contribution < 1.29 is 13.5 Å². The molecule has 108 valence electrons. The molecule has 19 heavy (non-hydrogen) atoms. The van der Waals surface area contributed by atoms with Gasteiger partial charge < -0.3 is 10.0 Å². The van der Waals surface area contributed by atoms with Crippen LogP contribution >= 0.6 is 0 Å². The summed E-state index contributed by atoms with van der Waals surface area (Å²) in [6, 6.07) is 5.08. The van der Waals surface area contributed by atoms with Crippen molar-refractivity contribution in [3.05, 3.63) is 23.8 Å². The summed E-state index contributed by atoms with van der Waals surface area (Å²) >= 11 is 0. The van der Waals surface area contributed by atoms with Gasteiger partial charge in [-0.15, -0.1) is 0 Å². The van der Waals surface area contributed by atoms with E-state index in [1.165, 1.54) is 4.31 Å². The van der Waals surface area contributed by atoms with Gasteiger partial charge in [-0.2, -0.15) is 4.31 Å². The predicted molar refractivity (Wildman–Crippen MR) is 77.0 cm³/mol. The molecule has 0 saturated heterocycles. The molecule has 0 saturated carbocycles. The second kappa shape index (κ2) is 6.36. The third-order valence-corrected chi connectivity index (χ3v) is 4.97. The first-order chi connectivity index (χ1) is 8.84. The Kier molecular flexibility index (Phi) is 5.34. The average Bonchev–Trinajstić information content (AvgIpc) is 2.35. The van der Waals surface area contributed by atoms with Gasteiger partial charge in [-0.25, -0.2) is 8.42 Å². The fourth-order valence-electron chi connectivity index (χ4n) is 1.94. The summed E-state index contributed by atoms with van der Waals surface area (Å²) in [6.45, 7) is 3.98. The summed E-state index contributed by atoms with van der Waals surface area (Å²) in [7, 11) is 0.219. The number of rotatable bonds is 6. The summed E-state index contributed by atoms with van der Waals surface area (Å²) in [5, 5.41) is 8.95. The molecule has 0 aliphatic carbocycles. The first-order valence-corrected chi connectivity index (χ1v) is 7.67. The lowest BCUT2D eigenvalue weighted by Gasteiger charge is -2.21. The Bertz CT molecular complexity index is 527. The van der Waals surface area contributed by atoms with Crippen molar-refractivity contribution in [1.82, 2.24) is 4.31 Å². The smallest absolute Gasteiger partial charge is 0.243 e. The average molecular weight is 286 g/mol. The lowest BCUT2D eigenvalue weighted by Crippen LogP contribution is -2.33. The molecule has 1 N–H and O–H groups in total. The molecule has 0 bridgehead atoms. The minimum absolute atomic E-state index is 0.115. The summed E-state index contributed by atoms with van der Waals surface area (Å²) in [5.74, 6) is 0. The summed E-state index contributed by atoms with van der Waals surface area (Å²) < 4.78 is 26.1. The maximum Gasteiger partial charge on any atom is 0.243 e. The standard InChI is InChI=1S/C13H22N2O3S/c1-5-15(8-9-16)19(17,18)12-7-6-11(2)13(10-12)14(3)4/h6-7,10,16H,5,8-9H2,1-4H3. The van der Waals surface area contributed by atoms with Crippen LogP contribution in [0.3, 0.4) is 0 Å². The normalized spacial score (nSPS) is 11.9. The summed E-state index contributed by atoms with van der Waals surface area (Å²) in [5.41, 5.74) is 1.90. The van der Waals surface area contributed by atoms with Gasteiger partial charge in [-0.3, -0.25) is 0 Å². The number of aryl methyl sites for hydroxylation is 1. The van der Waals surface area contributed by atoms with Crippen molar-refractivity contribution in [2.75, 3.05) is 38.7 Å². The van der Waals surface area contributed by atoms with Crippen LogP contribution in [0.4, 0.5) is 5.69 Å². The molecule has 0 spiro atoms. The molecule has 0 aliphatic rings. The van der Waals surface area contributed by atoms with Crippen molar-refractivity contribution in [3.8, 4) is 0 Å². The van der Waals surface area contributed by atoms with E-state index < -0.39 is 10.0 Å². The number of nitrogens with zero attached hydrogens (tertiary/aromatic N) is 2. The third kappa shape index (κ3) is 3.46. The molecule has 6 heteroatoms. The number of aliphatic hydroxyl groups excluding tert-OH is 1. The van der Waals surface area contributed by atoms with Crippen LogP contribution in [0.1, 0.15) is 12.5 Å². The molecule has 0 aromatic heterocycles. The fourth-order valence-corrected chi connectivity index (χ4v) is 3.40. The van der Waals surface area contributed by atoms with Crippen LogP contribution in [0.2, 0.25) is 0 Å². The Hall–Kier alpha value is -1.11. The number of anilines is 1. The van der Waals surface area contributed by atoms with Crippen LogP contribution in [0, 0.1) is 6.92 Å². The van der Waals surface area contributed by atoms with Gasteiger partial charge in [0.2, 0.25) is 10.0 Å². The van der Waals surface area contributed by atoms with E-state index in [1.807, 2.05) is 25.9 Å². The van der Waals surface area contributed by atoms with Crippen LogP contribution < -0.4 is 4.90 Å². The van der Waals surface area contributed by atoms with Crippen LogP contribution in [0.5, 0.6) is 0 Å². The van der Waals surface area contributed by atoms with Gasteiger partial charge in [0.25, 0.3) is 0 Å². The highest BCUT2D eigenvalue weighted by atomic mass is 32.2. The molecule has 0 aliphatic heterocycles. The van der Waals surface area contributed by atoms with E-state index in [0.29, 0.717) is 6.54 Å². The monoisotopic (exact) mass is 286 g/mol. The van der Waals surface area contributed by atoms with Gasteiger partial charge >= 0.3 is 0 Å². The van der Waals surface area contributed by atoms with E-state index in [1.54, 1.807) is 25.1 Å². The van der Waals surface area contributed by atoms with Crippen LogP contribution in [0.25, 0.3) is 0 Å². The van der Waals surface area contributed by atoms with E-state index in [4.69, 9.17) is 5.11 Å². The van der Waals surface area contributed by atoms with Gasteiger partial charge in [-0.1, -0.05) is 13.0 Å². The first kappa shape index (κ1) is 15.9. The van der Waals surface area contributed by atoms with E-state index in [-0.39, 0.29) is 18.0 Å². The van der Waals surface area contributed by atoms with E-state index in [2.05, 4.69) is 0 Å². The number of sulfonamides is 1. The molecule has 0 heterocycles. The zero-order valence-electron chi connectivity index (χ0n) is 11.9. The van der Waals surface area contributed by atoms with Crippen molar-refractivity contribution >= 4 is 15.7 Å². The van der Waals surface area contributed by atoms with E-state index >= 15 is 0 Å². The lowest BCUT2D eigenvalue weighted by atomic mass is 10.2. The van der Waals surface area contributed by atoms with Crippen molar-refractivity contribution in [2.45, 2.75) is 18.7 Å². The topological polar surface area (TPSA) is 60.9 Å². The summed E-state index contributed by atoms with van der Waals surface area (Å²) in [4.78, 5) is 2.15. The minimum Gasteiger partial charge on any atom is -0.395 e. The first-order valence-electron chi connectivity index (χ1n) is 6.23. The van der Waals surface area contributed by atoms with Gasteiger partial charge in [0.15, 0.2) is 0 Å². The number of likely N-dealkylation sites (N-methyl/N-ethyl adjacent to an activating group) is 1. The van der Waals surface area contributed by atoms with Crippen LogP contribution in [0.15, 0.2) is 23.1 Å². The highest BCUT2D eigenvalue weighted by molar-refractivity contribution is 7.89. The SMILES string of the molecule is CCN(CCO)S(=O)(=O)c1ccc(C)c(N(C)C)c1. The molecule has 0 radical (unpaired) electrons. The Balaban J connectivity index is 3.25. The third-order valence-electron chi connectivity index (χ3n) is 3.00. The number of hydrogen-bond donors (Lipinski definition) is 1. The molecule has 0 unspecified atom stereocenters. The van der Waals surface area contributed by atoms with Crippen LogP contribution in [-0.2, 0) is 10.0 Å². The van der Waals surface area contributed by atoms with Crippen LogP contribution in [-0.4, -0.2) is 51.6 Å². The fraction of sp³-hybridized carbons (Fsp3) is 0.538. The maximum absolute atomic E-state index is 12.4. The number of hydrogen-bond acceptors (Lipinski definition) is 4. The number of benzene rings is 1. The van der Waals surface area contributed by atoms with Crippen molar-refractivity contribution in [2.24, 2.45) is 0 Å². The largest absolute Gasteiger partial charge is 0.395 e. The number of aliphatic hydroxyl groups is 1. The molecule has 0 amide bonds. The second-order valence-corrected chi connectivity index (χ2v) is 6.50. The zero-order valence-corrected chi connectivity index (χ0v) is 12.7. The highest BCUT2D eigenvalue weighted by Crippen LogP contribution is 2.24. The maximum atomic E-state index is 12.4. The van der Waals surface area contributed by atoms with Gasteiger partial charge in [0, 0.05) is 32.9 Å². The molecule has 0 atom stereocenters. The quantitative estimate of drug-likeness (QED) is 0.849. The van der Waals surface area contributed by atoms with Gasteiger partial charge in [-0.05, 0) is 24.6 Å². The molecular weight excluding hydrogens is 264 g/mol. The molecule has 5 nitrogen and oxygen atoms in total. The predicted octanol–water partition coefficient (Wildman–Crippen LogP) is 1.06. The Morgan fingerprint density at radius 3 is 2.37 bits per heavy atom. The van der Waals surface area contributed by atoms with Gasteiger partial charge in [0.1, 0.15) is 0 Å². The van der Waals surface area contributed by atoms with E-state index in [9.17, 15) is 8.42 Å².